The largest absolute Gasteiger partial charge is 0.478 e. The summed E-state index contributed by atoms with van der Waals surface area (Å²) in [6.07, 6.45) is 1.50. The van der Waals surface area contributed by atoms with Gasteiger partial charge in [0.25, 0.3) is 0 Å². The van der Waals surface area contributed by atoms with Gasteiger partial charge in [-0.3, -0.25) is 0 Å². The molecule has 1 rings (SSSR count). The van der Waals surface area contributed by atoms with Crippen LogP contribution in [0.3, 0.4) is 0 Å². The first-order valence-corrected chi connectivity index (χ1v) is 7.30. The fourth-order valence-electron chi connectivity index (χ4n) is 2.14. The first-order valence-electron chi connectivity index (χ1n) is 7.30. The van der Waals surface area contributed by atoms with Gasteiger partial charge in [-0.25, -0.2) is 9.59 Å². The van der Waals surface area contributed by atoms with E-state index >= 15 is 0 Å². The third kappa shape index (κ3) is 5.85. The summed E-state index contributed by atoms with van der Waals surface area (Å²) < 4.78 is 0. The van der Waals surface area contributed by atoms with Gasteiger partial charge in [0.15, 0.2) is 0 Å². The molecule has 0 heterocycles. The summed E-state index contributed by atoms with van der Waals surface area (Å²) in [6, 6.07) is 6.75. The van der Waals surface area contributed by atoms with Crippen molar-refractivity contribution in [3.8, 4) is 0 Å². The Labute approximate surface area is 125 Å². The van der Waals surface area contributed by atoms with Crippen molar-refractivity contribution < 1.29 is 14.7 Å². The number of benzene rings is 1. The monoisotopic (exact) mass is 292 g/mol. The Bertz CT molecular complexity index is 486. The fourth-order valence-corrected chi connectivity index (χ4v) is 2.14. The van der Waals surface area contributed by atoms with Crippen molar-refractivity contribution in [1.82, 2.24) is 10.6 Å². The number of urea groups is 1. The molecule has 116 valence electrons. The Morgan fingerprint density at radius 1 is 1.29 bits per heavy atom. The summed E-state index contributed by atoms with van der Waals surface area (Å²) in [6.45, 7) is 6.67. The van der Waals surface area contributed by atoms with Crippen LogP contribution in [0.15, 0.2) is 24.3 Å². The average Bonchev–Trinajstić information content (AvgIpc) is 2.44. The number of aromatic carboxylic acids is 1. The predicted octanol–water partition coefficient (Wildman–Crippen LogP) is 2.66. The summed E-state index contributed by atoms with van der Waals surface area (Å²) in [5, 5.41) is 14.7. The molecule has 1 unspecified atom stereocenters. The normalized spacial score (nSPS) is 12.0. The van der Waals surface area contributed by atoms with Crippen LogP contribution in [0.4, 0.5) is 4.79 Å². The minimum Gasteiger partial charge on any atom is -0.478 e. The van der Waals surface area contributed by atoms with Gasteiger partial charge in [-0.05, 0) is 36.5 Å². The quantitative estimate of drug-likeness (QED) is 0.723. The third-order valence-corrected chi connectivity index (χ3v) is 3.43. The summed E-state index contributed by atoms with van der Waals surface area (Å²) in [5.74, 6) is -0.543. The van der Waals surface area contributed by atoms with Gasteiger partial charge in [0.2, 0.25) is 0 Å². The van der Waals surface area contributed by atoms with E-state index in [0.717, 1.165) is 12.0 Å². The number of hydrogen-bond donors (Lipinski definition) is 3. The van der Waals surface area contributed by atoms with Gasteiger partial charge in [0.05, 0.1) is 5.56 Å². The average molecular weight is 292 g/mol. The van der Waals surface area contributed by atoms with E-state index in [1.165, 1.54) is 0 Å². The molecule has 0 aromatic heterocycles. The van der Waals surface area contributed by atoms with Gasteiger partial charge in [0, 0.05) is 12.6 Å². The van der Waals surface area contributed by atoms with E-state index in [1.807, 2.05) is 13.0 Å². The van der Waals surface area contributed by atoms with Crippen LogP contribution in [0, 0.1) is 5.92 Å². The van der Waals surface area contributed by atoms with Gasteiger partial charge in [-0.1, -0.05) is 32.9 Å². The second kappa shape index (κ2) is 8.29. The molecule has 1 aromatic rings. The first-order chi connectivity index (χ1) is 9.93. The highest BCUT2D eigenvalue weighted by Gasteiger charge is 2.13. The van der Waals surface area contributed by atoms with Gasteiger partial charge in [0.1, 0.15) is 0 Å². The molecule has 0 spiro atoms. The Kier molecular flexibility index (Phi) is 6.72. The van der Waals surface area contributed by atoms with Gasteiger partial charge in [-0.15, -0.1) is 0 Å². The zero-order chi connectivity index (χ0) is 15.8. The van der Waals surface area contributed by atoms with Gasteiger partial charge in [-0.2, -0.15) is 0 Å². The first kappa shape index (κ1) is 17.0. The Morgan fingerprint density at radius 3 is 2.57 bits per heavy atom. The van der Waals surface area contributed by atoms with Crippen LogP contribution in [-0.4, -0.2) is 29.7 Å². The molecular weight excluding hydrogens is 268 g/mol. The number of carboxylic acid groups (broad SMARTS) is 1. The molecule has 0 aliphatic rings. The van der Waals surface area contributed by atoms with Crippen molar-refractivity contribution in [2.24, 2.45) is 5.92 Å². The van der Waals surface area contributed by atoms with E-state index in [4.69, 9.17) is 5.11 Å². The minimum absolute atomic E-state index is 0.167. The molecule has 5 nitrogen and oxygen atoms in total. The molecule has 3 N–H and O–H groups in total. The van der Waals surface area contributed by atoms with E-state index < -0.39 is 5.97 Å². The second-order valence-electron chi connectivity index (χ2n) is 5.41. The molecule has 0 bridgehead atoms. The van der Waals surface area contributed by atoms with Crippen molar-refractivity contribution in [3.05, 3.63) is 35.4 Å². The van der Waals surface area contributed by atoms with E-state index in [2.05, 4.69) is 24.5 Å². The van der Waals surface area contributed by atoms with Crippen LogP contribution in [0.5, 0.6) is 0 Å². The molecule has 0 saturated heterocycles. The molecule has 1 aromatic carbocycles. The van der Waals surface area contributed by atoms with Crippen molar-refractivity contribution in [2.75, 3.05) is 6.54 Å². The number of carboxylic acids is 1. The summed E-state index contributed by atoms with van der Waals surface area (Å²) in [7, 11) is 0. The molecule has 0 aliphatic heterocycles. The van der Waals surface area contributed by atoms with Crippen molar-refractivity contribution in [3.63, 3.8) is 0 Å². The highest BCUT2D eigenvalue weighted by atomic mass is 16.4. The molecule has 2 amide bonds. The molecule has 1 atom stereocenters. The number of amides is 2. The highest BCUT2D eigenvalue weighted by Crippen LogP contribution is 2.06. The number of hydrogen-bond acceptors (Lipinski definition) is 2. The lowest BCUT2D eigenvalue weighted by Gasteiger charge is -2.20. The van der Waals surface area contributed by atoms with Crippen LogP contribution in [-0.2, 0) is 6.42 Å². The standard InChI is InChI=1S/C16H24N2O3/c1-4-14(11(2)3)18-16(21)17-9-8-12-6-5-7-13(10-12)15(19)20/h5-7,10-11,14H,4,8-9H2,1-3H3,(H,19,20)(H2,17,18,21). The summed E-state index contributed by atoms with van der Waals surface area (Å²) in [5.41, 5.74) is 1.16. The van der Waals surface area contributed by atoms with Crippen LogP contribution < -0.4 is 10.6 Å². The lowest BCUT2D eigenvalue weighted by molar-refractivity contribution is 0.0696. The zero-order valence-corrected chi connectivity index (χ0v) is 12.8. The smallest absolute Gasteiger partial charge is 0.335 e. The molecule has 5 heteroatoms. The second-order valence-corrected chi connectivity index (χ2v) is 5.41. The van der Waals surface area contributed by atoms with Crippen molar-refractivity contribution in [2.45, 2.75) is 39.7 Å². The predicted molar refractivity (Wildman–Crippen MR) is 82.6 cm³/mol. The highest BCUT2D eigenvalue weighted by molar-refractivity contribution is 5.87. The lowest BCUT2D eigenvalue weighted by Crippen LogP contribution is -2.44. The van der Waals surface area contributed by atoms with E-state index in [1.54, 1.807) is 18.2 Å². The Hall–Kier alpha value is -2.04. The molecular formula is C16H24N2O3. The SMILES string of the molecule is CCC(NC(=O)NCCc1cccc(C(=O)O)c1)C(C)C. The maximum atomic E-state index is 11.8. The third-order valence-electron chi connectivity index (χ3n) is 3.43. The maximum Gasteiger partial charge on any atom is 0.335 e. The zero-order valence-electron chi connectivity index (χ0n) is 12.8. The lowest BCUT2D eigenvalue weighted by atomic mass is 10.0. The Balaban J connectivity index is 2.41. The summed E-state index contributed by atoms with van der Waals surface area (Å²) >= 11 is 0. The molecule has 21 heavy (non-hydrogen) atoms. The van der Waals surface area contributed by atoms with Crippen molar-refractivity contribution in [1.29, 1.82) is 0 Å². The molecule has 0 saturated carbocycles. The van der Waals surface area contributed by atoms with Crippen molar-refractivity contribution >= 4 is 12.0 Å². The van der Waals surface area contributed by atoms with Gasteiger partial charge < -0.3 is 15.7 Å². The summed E-state index contributed by atoms with van der Waals surface area (Å²) in [4.78, 5) is 22.6. The molecule has 0 radical (unpaired) electrons. The van der Waals surface area contributed by atoms with Crippen LogP contribution in [0.2, 0.25) is 0 Å². The Morgan fingerprint density at radius 2 is 2.00 bits per heavy atom. The number of carbonyl (C=O) groups is 2. The van der Waals surface area contributed by atoms with Crippen LogP contribution >= 0.6 is 0 Å². The number of nitrogens with one attached hydrogen (secondary N) is 2. The van der Waals surface area contributed by atoms with Crippen LogP contribution in [0.1, 0.15) is 43.1 Å². The number of carbonyl (C=O) groups excluding carboxylic acids is 1. The van der Waals surface area contributed by atoms with Gasteiger partial charge >= 0.3 is 12.0 Å². The van der Waals surface area contributed by atoms with Crippen LogP contribution in [0.25, 0.3) is 0 Å². The minimum atomic E-state index is -0.940. The van der Waals surface area contributed by atoms with E-state index in [9.17, 15) is 9.59 Å². The van der Waals surface area contributed by atoms with E-state index in [-0.39, 0.29) is 17.6 Å². The fraction of sp³-hybridized carbons (Fsp3) is 0.500. The van der Waals surface area contributed by atoms with E-state index in [0.29, 0.717) is 18.9 Å². The maximum absolute atomic E-state index is 11.8. The topological polar surface area (TPSA) is 78.4 Å². The molecule has 0 aliphatic carbocycles. The molecule has 0 fully saturated rings. The number of rotatable bonds is 7.